The first-order valence-corrected chi connectivity index (χ1v) is 5.79. The van der Waals surface area contributed by atoms with Crippen LogP contribution in [0.15, 0.2) is 54.6 Å². The minimum Gasteiger partial charge on any atom is -0.508 e. The molecule has 0 aliphatic carbocycles. The summed E-state index contributed by atoms with van der Waals surface area (Å²) >= 11 is 0. The molecule has 0 aromatic heterocycles. The number of ether oxygens (including phenoxy) is 1. The van der Waals surface area contributed by atoms with Gasteiger partial charge in [0.1, 0.15) is 11.9 Å². The van der Waals surface area contributed by atoms with E-state index in [1.807, 2.05) is 18.2 Å². The smallest absolute Gasteiger partial charge is 0.194 e. The Bertz CT molecular complexity index is 560. The second kappa shape index (κ2) is 4.27. The van der Waals surface area contributed by atoms with Gasteiger partial charge in [-0.3, -0.25) is 4.79 Å². The van der Waals surface area contributed by atoms with Gasteiger partial charge in [0.25, 0.3) is 0 Å². The molecule has 2 aromatic carbocycles. The Morgan fingerprint density at radius 3 is 2.33 bits per heavy atom. The average Bonchev–Trinajstić information content (AvgIpc) is 3.20. The Labute approximate surface area is 105 Å². The molecule has 0 amide bonds. The van der Waals surface area contributed by atoms with E-state index in [4.69, 9.17) is 4.74 Å². The number of benzene rings is 2. The van der Waals surface area contributed by atoms with Crippen molar-refractivity contribution in [1.82, 2.24) is 0 Å². The van der Waals surface area contributed by atoms with Crippen molar-refractivity contribution in [3.05, 3.63) is 65.7 Å². The fourth-order valence-electron chi connectivity index (χ4n) is 2.00. The van der Waals surface area contributed by atoms with Crippen molar-refractivity contribution in [2.24, 2.45) is 0 Å². The van der Waals surface area contributed by atoms with Gasteiger partial charge < -0.3 is 9.84 Å². The van der Waals surface area contributed by atoms with E-state index < -0.39 is 6.10 Å². The number of carbonyl (C=O) groups is 1. The molecule has 1 aliphatic heterocycles. The normalized spacial score (nSPS) is 21.6. The number of hydrogen-bond acceptors (Lipinski definition) is 3. The molecular weight excluding hydrogens is 228 g/mol. The number of phenolic OH excluding ortho intramolecular Hbond substituents is 1. The summed E-state index contributed by atoms with van der Waals surface area (Å²) in [5, 5.41) is 9.20. The zero-order valence-electron chi connectivity index (χ0n) is 9.61. The second-order valence-corrected chi connectivity index (χ2v) is 4.30. The van der Waals surface area contributed by atoms with Crippen LogP contribution in [0, 0.1) is 0 Å². The molecule has 3 heteroatoms. The Morgan fingerprint density at radius 2 is 1.67 bits per heavy atom. The number of hydrogen-bond donors (Lipinski definition) is 1. The second-order valence-electron chi connectivity index (χ2n) is 4.30. The van der Waals surface area contributed by atoms with Crippen LogP contribution in [0.3, 0.4) is 0 Å². The molecule has 3 rings (SSSR count). The lowest BCUT2D eigenvalue weighted by Gasteiger charge is -1.97. The minimum absolute atomic E-state index is 0.00803. The molecule has 1 heterocycles. The van der Waals surface area contributed by atoms with E-state index in [-0.39, 0.29) is 17.6 Å². The van der Waals surface area contributed by atoms with Crippen molar-refractivity contribution in [1.29, 1.82) is 0 Å². The molecule has 0 radical (unpaired) electrons. The minimum atomic E-state index is -0.392. The van der Waals surface area contributed by atoms with Gasteiger partial charge in [0.15, 0.2) is 11.9 Å². The van der Waals surface area contributed by atoms with Crippen LogP contribution >= 0.6 is 0 Å². The molecule has 0 spiro atoms. The predicted molar refractivity (Wildman–Crippen MR) is 66.5 cm³/mol. The SMILES string of the molecule is O=C(c1ccccc1)C1OC1c1ccc(O)cc1. The first-order chi connectivity index (χ1) is 8.75. The maximum atomic E-state index is 12.1. The largest absolute Gasteiger partial charge is 0.508 e. The van der Waals surface area contributed by atoms with Crippen LogP contribution in [-0.4, -0.2) is 17.0 Å². The molecule has 1 fully saturated rings. The third-order valence-electron chi connectivity index (χ3n) is 3.03. The van der Waals surface area contributed by atoms with Gasteiger partial charge in [-0.25, -0.2) is 0 Å². The van der Waals surface area contributed by atoms with E-state index in [9.17, 15) is 9.90 Å². The maximum Gasteiger partial charge on any atom is 0.194 e. The Kier molecular flexibility index (Phi) is 2.61. The fourth-order valence-corrected chi connectivity index (χ4v) is 2.00. The molecule has 18 heavy (non-hydrogen) atoms. The van der Waals surface area contributed by atoms with Crippen LogP contribution in [0.2, 0.25) is 0 Å². The van der Waals surface area contributed by atoms with Crippen molar-refractivity contribution in [3.8, 4) is 5.75 Å². The van der Waals surface area contributed by atoms with Gasteiger partial charge in [0, 0.05) is 5.56 Å². The third kappa shape index (κ3) is 2.00. The van der Waals surface area contributed by atoms with E-state index in [0.717, 1.165) is 5.56 Å². The van der Waals surface area contributed by atoms with Gasteiger partial charge >= 0.3 is 0 Å². The third-order valence-corrected chi connectivity index (χ3v) is 3.03. The molecule has 0 saturated carbocycles. The van der Waals surface area contributed by atoms with Crippen molar-refractivity contribution >= 4 is 5.78 Å². The summed E-state index contributed by atoms with van der Waals surface area (Å²) in [6.45, 7) is 0. The van der Waals surface area contributed by atoms with E-state index in [1.165, 1.54) is 0 Å². The molecule has 2 atom stereocenters. The van der Waals surface area contributed by atoms with Crippen LogP contribution in [0.5, 0.6) is 5.75 Å². The van der Waals surface area contributed by atoms with Gasteiger partial charge in [0.05, 0.1) is 0 Å². The number of ketones is 1. The first-order valence-electron chi connectivity index (χ1n) is 5.79. The summed E-state index contributed by atoms with van der Waals surface area (Å²) in [6, 6.07) is 15.9. The van der Waals surface area contributed by atoms with Crippen molar-refractivity contribution in [2.45, 2.75) is 12.2 Å². The molecule has 1 N–H and O–H groups in total. The quantitative estimate of drug-likeness (QED) is 0.663. The van der Waals surface area contributed by atoms with Crippen LogP contribution in [-0.2, 0) is 4.74 Å². The number of epoxide rings is 1. The fraction of sp³-hybridized carbons (Fsp3) is 0.133. The Hall–Kier alpha value is -2.13. The van der Waals surface area contributed by atoms with E-state index in [2.05, 4.69) is 0 Å². The molecule has 2 aromatic rings. The van der Waals surface area contributed by atoms with Crippen LogP contribution in [0.25, 0.3) is 0 Å². The predicted octanol–water partition coefficient (Wildman–Crippen LogP) is 2.72. The zero-order valence-corrected chi connectivity index (χ0v) is 9.61. The summed E-state index contributed by atoms with van der Waals surface area (Å²) in [7, 11) is 0. The first kappa shape index (κ1) is 11.0. The Balaban J connectivity index is 1.75. The highest BCUT2D eigenvalue weighted by Crippen LogP contribution is 2.40. The van der Waals surface area contributed by atoms with E-state index >= 15 is 0 Å². The molecule has 1 saturated heterocycles. The lowest BCUT2D eigenvalue weighted by atomic mass is 10.0. The summed E-state index contributed by atoms with van der Waals surface area (Å²) in [4.78, 5) is 12.1. The van der Waals surface area contributed by atoms with Gasteiger partial charge in [-0.1, -0.05) is 42.5 Å². The molecular formula is C15H12O3. The average molecular weight is 240 g/mol. The van der Waals surface area contributed by atoms with E-state index in [0.29, 0.717) is 5.56 Å². The number of rotatable bonds is 3. The zero-order chi connectivity index (χ0) is 12.5. The Morgan fingerprint density at radius 1 is 1.00 bits per heavy atom. The summed E-state index contributed by atoms with van der Waals surface area (Å²) < 4.78 is 5.43. The van der Waals surface area contributed by atoms with Gasteiger partial charge in [-0.15, -0.1) is 0 Å². The number of phenols is 1. The standard InChI is InChI=1S/C15H12O3/c16-12-8-6-11(7-9-12)14-15(18-14)13(17)10-4-2-1-3-5-10/h1-9,14-16H. The van der Waals surface area contributed by atoms with Gasteiger partial charge in [0.2, 0.25) is 0 Å². The number of Topliss-reactive ketones (excluding diaryl/α,β-unsaturated/α-hetero) is 1. The molecule has 1 aliphatic rings. The lowest BCUT2D eigenvalue weighted by Crippen LogP contribution is -2.07. The molecule has 2 unspecified atom stereocenters. The summed E-state index contributed by atoms with van der Waals surface area (Å²) in [5.41, 5.74) is 1.59. The van der Waals surface area contributed by atoms with Crippen molar-refractivity contribution in [3.63, 3.8) is 0 Å². The van der Waals surface area contributed by atoms with Crippen LogP contribution < -0.4 is 0 Å². The van der Waals surface area contributed by atoms with Gasteiger partial charge in [-0.2, -0.15) is 0 Å². The highest BCUT2D eigenvalue weighted by molar-refractivity contribution is 6.01. The highest BCUT2D eigenvalue weighted by Gasteiger charge is 2.46. The van der Waals surface area contributed by atoms with Crippen molar-refractivity contribution < 1.29 is 14.6 Å². The van der Waals surface area contributed by atoms with Crippen LogP contribution in [0.4, 0.5) is 0 Å². The summed E-state index contributed by atoms with van der Waals surface area (Å²) in [6.07, 6.45) is -0.574. The monoisotopic (exact) mass is 240 g/mol. The van der Waals surface area contributed by atoms with Crippen LogP contribution in [0.1, 0.15) is 22.0 Å². The molecule has 0 bridgehead atoms. The molecule has 3 nitrogen and oxygen atoms in total. The topological polar surface area (TPSA) is 49.8 Å². The summed E-state index contributed by atoms with van der Waals surface area (Å²) in [5.74, 6) is 0.221. The van der Waals surface area contributed by atoms with Crippen molar-refractivity contribution in [2.75, 3.05) is 0 Å². The highest BCUT2D eigenvalue weighted by atomic mass is 16.6. The lowest BCUT2D eigenvalue weighted by molar-refractivity contribution is 0.0953. The maximum absolute atomic E-state index is 12.1. The van der Waals surface area contributed by atoms with Gasteiger partial charge in [-0.05, 0) is 17.7 Å². The van der Waals surface area contributed by atoms with E-state index in [1.54, 1.807) is 36.4 Å². The molecule has 90 valence electrons. The number of aromatic hydroxyl groups is 1. The number of carbonyl (C=O) groups excluding carboxylic acids is 1.